The van der Waals surface area contributed by atoms with Gasteiger partial charge in [-0.15, -0.1) is 11.3 Å². The molecule has 2 heterocycles. The zero-order chi connectivity index (χ0) is 16.4. The Morgan fingerprint density at radius 2 is 2.00 bits per heavy atom. The number of aryl methyl sites for hydroxylation is 1. The molecular formula is C15H13N3O3S2. The summed E-state index contributed by atoms with van der Waals surface area (Å²) in [4.78, 5) is 11.0. The van der Waals surface area contributed by atoms with Crippen LogP contribution in [0.4, 0.5) is 5.69 Å². The molecule has 0 bridgehead atoms. The molecule has 3 aromatic rings. The number of rotatable bonds is 4. The van der Waals surface area contributed by atoms with E-state index in [0.29, 0.717) is 16.9 Å². The van der Waals surface area contributed by atoms with E-state index in [2.05, 4.69) is 14.9 Å². The first-order valence-corrected chi connectivity index (χ1v) is 9.04. The molecule has 0 saturated heterocycles. The maximum atomic E-state index is 12.4. The van der Waals surface area contributed by atoms with Gasteiger partial charge in [-0.3, -0.25) is 9.52 Å². The summed E-state index contributed by atoms with van der Waals surface area (Å²) in [5.41, 5.74) is 2.32. The molecule has 0 spiro atoms. The number of benzene rings is 1. The van der Waals surface area contributed by atoms with Crippen LogP contribution in [-0.2, 0) is 10.0 Å². The highest BCUT2D eigenvalue weighted by molar-refractivity contribution is 7.94. The Hall–Kier alpha value is -2.45. The summed E-state index contributed by atoms with van der Waals surface area (Å²) in [7, 11) is -3.66. The molecule has 8 heteroatoms. The Balaban J connectivity index is 1.89. The standard InChI is InChI=1S/C15H13N3O3S2/c1-10-3-2-4-12(7-10)18-23(20,21)15-8-11(9-22-15)13-5-6-14(19)17-16-13/h2-9,18H,1H3,(H,17,19). The fraction of sp³-hybridized carbons (Fsp3) is 0.0667. The molecule has 118 valence electrons. The normalized spacial score (nSPS) is 11.3. The number of aromatic nitrogens is 2. The number of H-pyrrole nitrogens is 1. The van der Waals surface area contributed by atoms with Gasteiger partial charge in [-0.25, -0.2) is 13.5 Å². The molecule has 0 atom stereocenters. The smallest absolute Gasteiger partial charge is 0.271 e. The Bertz CT molecular complexity index is 986. The van der Waals surface area contributed by atoms with E-state index in [1.165, 1.54) is 12.1 Å². The minimum absolute atomic E-state index is 0.182. The van der Waals surface area contributed by atoms with E-state index in [-0.39, 0.29) is 9.77 Å². The van der Waals surface area contributed by atoms with Crippen molar-refractivity contribution in [3.8, 4) is 11.3 Å². The second kappa shape index (κ2) is 5.98. The number of anilines is 1. The van der Waals surface area contributed by atoms with Crippen LogP contribution in [-0.4, -0.2) is 18.6 Å². The van der Waals surface area contributed by atoms with Crippen molar-refractivity contribution in [3.05, 3.63) is 63.8 Å². The lowest BCUT2D eigenvalue weighted by Crippen LogP contribution is -2.11. The second-order valence-corrected chi connectivity index (χ2v) is 7.76. The van der Waals surface area contributed by atoms with Gasteiger partial charge < -0.3 is 0 Å². The number of thiophene rings is 1. The molecule has 0 unspecified atom stereocenters. The van der Waals surface area contributed by atoms with E-state index < -0.39 is 10.0 Å². The quantitative estimate of drug-likeness (QED) is 0.759. The fourth-order valence-electron chi connectivity index (χ4n) is 2.01. The minimum Gasteiger partial charge on any atom is -0.279 e. The first-order valence-electron chi connectivity index (χ1n) is 6.68. The van der Waals surface area contributed by atoms with Crippen LogP contribution in [0.2, 0.25) is 0 Å². The monoisotopic (exact) mass is 347 g/mol. The Kier molecular flexibility index (Phi) is 4.01. The number of hydrogen-bond acceptors (Lipinski definition) is 5. The van der Waals surface area contributed by atoms with Crippen molar-refractivity contribution in [3.63, 3.8) is 0 Å². The summed E-state index contributed by atoms with van der Waals surface area (Å²) >= 11 is 1.10. The topological polar surface area (TPSA) is 91.9 Å². The number of nitrogens with one attached hydrogen (secondary N) is 2. The molecule has 0 aliphatic rings. The number of nitrogens with zero attached hydrogens (tertiary/aromatic N) is 1. The third kappa shape index (κ3) is 3.49. The summed E-state index contributed by atoms with van der Waals surface area (Å²) in [6.07, 6.45) is 0. The average Bonchev–Trinajstić information content (AvgIpc) is 2.98. The van der Waals surface area contributed by atoms with Crippen LogP contribution in [0.1, 0.15) is 5.56 Å². The predicted octanol–water partition coefficient (Wildman–Crippen LogP) is 2.61. The third-order valence-electron chi connectivity index (χ3n) is 3.09. The molecule has 0 radical (unpaired) electrons. The predicted molar refractivity (Wildman–Crippen MR) is 90.2 cm³/mol. The lowest BCUT2D eigenvalue weighted by Gasteiger charge is -2.06. The van der Waals surface area contributed by atoms with Crippen molar-refractivity contribution < 1.29 is 8.42 Å². The largest absolute Gasteiger partial charge is 0.279 e. The zero-order valence-corrected chi connectivity index (χ0v) is 13.7. The molecule has 0 saturated carbocycles. The molecule has 23 heavy (non-hydrogen) atoms. The number of sulfonamides is 1. The van der Waals surface area contributed by atoms with Crippen molar-refractivity contribution in [1.82, 2.24) is 10.2 Å². The molecule has 0 amide bonds. The average molecular weight is 347 g/mol. The van der Waals surface area contributed by atoms with Crippen molar-refractivity contribution in [1.29, 1.82) is 0 Å². The third-order valence-corrected chi connectivity index (χ3v) is 5.91. The highest BCUT2D eigenvalue weighted by Gasteiger charge is 2.18. The van der Waals surface area contributed by atoms with Gasteiger partial charge in [-0.1, -0.05) is 12.1 Å². The molecule has 0 aliphatic heterocycles. The first-order chi connectivity index (χ1) is 10.9. The van der Waals surface area contributed by atoms with Gasteiger partial charge in [0.25, 0.3) is 15.6 Å². The van der Waals surface area contributed by atoms with Gasteiger partial charge in [-0.2, -0.15) is 5.10 Å². The zero-order valence-electron chi connectivity index (χ0n) is 12.1. The van der Waals surface area contributed by atoms with Crippen LogP contribution in [0.5, 0.6) is 0 Å². The minimum atomic E-state index is -3.66. The fourth-order valence-corrected chi connectivity index (χ4v) is 4.23. The summed E-state index contributed by atoms with van der Waals surface area (Å²) in [6, 6.07) is 11.6. The number of aromatic amines is 1. The maximum absolute atomic E-state index is 12.4. The summed E-state index contributed by atoms with van der Waals surface area (Å²) < 4.78 is 27.6. The summed E-state index contributed by atoms with van der Waals surface area (Å²) in [5, 5.41) is 7.91. The van der Waals surface area contributed by atoms with E-state index >= 15 is 0 Å². The SMILES string of the molecule is Cc1cccc(NS(=O)(=O)c2cc(-c3ccc(=O)[nH]n3)cs2)c1. The molecule has 2 aromatic heterocycles. The van der Waals surface area contributed by atoms with Crippen LogP contribution in [0, 0.1) is 6.92 Å². The van der Waals surface area contributed by atoms with E-state index in [1.807, 2.05) is 13.0 Å². The molecule has 3 rings (SSSR count). The van der Waals surface area contributed by atoms with E-state index in [0.717, 1.165) is 16.9 Å². The Labute approximate surface area is 136 Å². The summed E-state index contributed by atoms with van der Waals surface area (Å²) in [5.74, 6) is 0. The first kappa shape index (κ1) is 15.4. The Morgan fingerprint density at radius 3 is 2.70 bits per heavy atom. The van der Waals surface area contributed by atoms with Crippen LogP contribution >= 0.6 is 11.3 Å². The van der Waals surface area contributed by atoms with Crippen LogP contribution in [0.15, 0.2) is 56.8 Å². The van der Waals surface area contributed by atoms with E-state index in [9.17, 15) is 13.2 Å². The van der Waals surface area contributed by atoms with E-state index in [1.54, 1.807) is 29.6 Å². The summed E-state index contributed by atoms with van der Waals surface area (Å²) in [6.45, 7) is 1.89. The van der Waals surface area contributed by atoms with Gasteiger partial charge in [0.2, 0.25) is 0 Å². The molecule has 1 aromatic carbocycles. The van der Waals surface area contributed by atoms with E-state index in [4.69, 9.17) is 0 Å². The van der Waals surface area contributed by atoms with Gasteiger partial charge in [-0.05, 0) is 36.8 Å². The molecule has 6 nitrogen and oxygen atoms in total. The van der Waals surface area contributed by atoms with Crippen molar-refractivity contribution in [2.75, 3.05) is 4.72 Å². The lowest BCUT2D eigenvalue weighted by molar-refractivity contribution is 0.603. The van der Waals surface area contributed by atoms with Gasteiger partial charge in [0.05, 0.1) is 5.69 Å². The lowest BCUT2D eigenvalue weighted by atomic mass is 10.2. The second-order valence-electron chi connectivity index (χ2n) is 4.94. The number of hydrogen-bond donors (Lipinski definition) is 2. The maximum Gasteiger partial charge on any atom is 0.271 e. The van der Waals surface area contributed by atoms with Crippen molar-refractivity contribution >= 4 is 27.0 Å². The molecular weight excluding hydrogens is 334 g/mol. The van der Waals surface area contributed by atoms with Gasteiger partial charge in [0, 0.05) is 22.7 Å². The van der Waals surface area contributed by atoms with Crippen LogP contribution in [0.25, 0.3) is 11.3 Å². The van der Waals surface area contributed by atoms with Crippen molar-refractivity contribution in [2.24, 2.45) is 0 Å². The van der Waals surface area contributed by atoms with Gasteiger partial charge >= 0.3 is 0 Å². The molecule has 0 fully saturated rings. The van der Waals surface area contributed by atoms with Gasteiger partial charge in [0.1, 0.15) is 4.21 Å². The van der Waals surface area contributed by atoms with Gasteiger partial charge in [0.15, 0.2) is 0 Å². The highest BCUT2D eigenvalue weighted by Crippen LogP contribution is 2.28. The van der Waals surface area contributed by atoms with Crippen molar-refractivity contribution in [2.45, 2.75) is 11.1 Å². The highest BCUT2D eigenvalue weighted by atomic mass is 32.2. The Morgan fingerprint density at radius 1 is 1.17 bits per heavy atom. The van der Waals surface area contributed by atoms with Crippen LogP contribution < -0.4 is 10.3 Å². The van der Waals surface area contributed by atoms with Crippen LogP contribution in [0.3, 0.4) is 0 Å². The molecule has 2 N–H and O–H groups in total. The molecule has 0 aliphatic carbocycles.